The summed E-state index contributed by atoms with van der Waals surface area (Å²) in [5, 5.41) is 3.64. The van der Waals surface area contributed by atoms with Gasteiger partial charge in [-0.25, -0.2) is 0 Å². The van der Waals surface area contributed by atoms with E-state index >= 15 is 0 Å². The lowest BCUT2D eigenvalue weighted by molar-refractivity contribution is 0.0668. The van der Waals surface area contributed by atoms with Gasteiger partial charge in [-0.2, -0.15) is 0 Å². The number of rotatable bonds is 3. The zero-order chi connectivity index (χ0) is 12.9. The molecule has 3 fully saturated rings. The Morgan fingerprint density at radius 2 is 1.53 bits per heavy atom. The van der Waals surface area contributed by atoms with Crippen LogP contribution in [-0.2, 0) is 0 Å². The Morgan fingerprint density at radius 1 is 0.842 bits per heavy atom. The first-order chi connectivity index (χ1) is 9.43. The molecule has 3 aliphatic heterocycles. The Bertz CT molecular complexity index is 257. The second kappa shape index (κ2) is 7.05. The predicted molar refractivity (Wildman–Crippen MR) is 80.5 cm³/mol. The number of piperidine rings is 3. The topological polar surface area (TPSA) is 18.5 Å². The maximum absolute atomic E-state index is 3.64. The smallest absolute Gasteiger partial charge is 0.0261 e. The van der Waals surface area contributed by atoms with Gasteiger partial charge in [-0.3, -0.25) is 4.90 Å². The van der Waals surface area contributed by atoms with Crippen molar-refractivity contribution in [1.29, 1.82) is 0 Å². The van der Waals surface area contributed by atoms with Gasteiger partial charge < -0.3 is 10.2 Å². The Hall–Kier alpha value is -0.120. The van der Waals surface area contributed by atoms with Crippen molar-refractivity contribution < 1.29 is 0 Å². The molecule has 110 valence electrons. The average molecular weight is 265 g/mol. The Labute approximate surface area is 118 Å². The maximum Gasteiger partial charge on any atom is 0.0261 e. The van der Waals surface area contributed by atoms with Crippen LogP contribution in [0.1, 0.15) is 44.9 Å². The van der Waals surface area contributed by atoms with E-state index in [1.807, 2.05) is 0 Å². The predicted octanol–water partition coefficient (Wildman–Crippen LogP) is 1.94. The molecule has 0 aliphatic carbocycles. The molecule has 0 aromatic carbocycles. The fraction of sp³-hybridized carbons (Fsp3) is 1.00. The van der Waals surface area contributed by atoms with Crippen LogP contribution in [0.5, 0.6) is 0 Å². The molecule has 19 heavy (non-hydrogen) atoms. The van der Waals surface area contributed by atoms with Gasteiger partial charge in [0.05, 0.1) is 0 Å². The lowest BCUT2D eigenvalue weighted by atomic mass is 9.89. The standard InChI is InChI=1S/C16H31N3/c1-3-9-18(10-4-1)14-15-7-8-17-13-16(15)19-11-5-2-6-12-19/h15-17H,1-14H2. The van der Waals surface area contributed by atoms with E-state index in [0.717, 1.165) is 12.0 Å². The van der Waals surface area contributed by atoms with Gasteiger partial charge in [0.15, 0.2) is 0 Å². The monoisotopic (exact) mass is 265 g/mol. The normalized spacial score (nSPS) is 35.4. The van der Waals surface area contributed by atoms with E-state index in [0.29, 0.717) is 0 Å². The molecular weight excluding hydrogens is 234 g/mol. The first kappa shape index (κ1) is 13.8. The lowest BCUT2D eigenvalue weighted by Crippen LogP contribution is -2.55. The van der Waals surface area contributed by atoms with Crippen molar-refractivity contribution in [3.05, 3.63) is 0 Å². The molecule has 3 aliphatic rings. The zero-order valence-corrected chi connectivity index (χ0v) is 12.4. The molecule has 0 spiro atoms. The van der Waals surface area contributed by atoms with Crippen LogP contribution in [-0.4, -0.2) is 61.7 Å². The highest BCUT2D eigenvalue weighted by atomic mass is 15.2. The molecule has 3 heterocycles. The van der Waals surface area contributed by atoms with Gasteiger partial charge >= 0.3 is 0 Å². The first-order valence-electron chi connectivity index (χ1n) is 8.60. The van der Waals surface area contributed by atoms with E-state index in [-0.39, 0.29) is 0 Å². The second-order valence-corrected chi connectivity index (χ2v) is 6.78. The molecule has 0 radical (unpaired) electrons. The fourth-order valence-electron chi connectivity index (χ4n) is 4.26. The summed E-state index contributed by atoms with van der Waals surface area (Å²) in [6.07, 6.45) is 10.0. The van der Waals surface area contributed by atoms with Crippen LogP contribution in [0, 0.1) is 5.92 Å². The van der Waals surface area contributed by atoms with Crippen LogP contribution >= 0.6 is 0 Å². The van der Waals surface area contributed by atoms with Crippen LogP contribution < -0.4 is 5.32 Å². The van der Waals surface area contributed by atoms with Gasteiger partial charge in [0, 0.05) is 19.1 Å². The van der Waals surface area contributed by atoms with E-state index in [9.17, 15) is 0 Å². The third kappa shape index (κ3) is 3.71. The summed E-state index contributed by atoms with van der Waals surface area (Å²) in [6.45, 7) is 9.25. The summed E-state index contributed by atoms with van der Waals surface area (Å²) >= 11 is 0. The molecule has 3 saturated heterocycles. The number of likely N-dealkylation sites (tertiary alicyclic amines) is 2. The van der Waals surface area contributed by atoms with Crippen molar-refractivity contribution in [3.8, 4) is 0 Å². The number of nitrogens with one attached hydrogen (secondary N) is 1. The van der Waals surface area contributed by atoms with Gasteiger partial charge in [0.2, 0.25) is 0 Å². The Morgan fingerprint density at radius 3 is 2.26 bits per heavy atom. The Balaban J connectivity index is 1.56. The average Bonchev–Trinajstić information content (AvgIpc) is 2.50. The fourth-order valence-corrected chi connectivity index (χ4v) is 4.26. The van der Waals surface area contributed by atoms with Crippen molar-refractivity contribution in [2.24, 2.45) is 5.92 Å². The van der Waals surface area contributed by atoms with E-state index in [1.165, 1.54) is 90.8 Å². The van der Waals surface area contributed by atoms with Crippen LogP contribution in [0.4, 0.5) is 0 Å². The molecule has 3 nitrogen and oxygen atoms in total. The van der Waals surface area contributed by atoms with E-state index < -0.39 is 0 Å². The van der Waals surface area contributed by atoms with Crippen molar-refractivity contribution >= 4 is 0 Å². The molecule has 0 aromatic heterocycles. The van der Waals surface area contributed by atoms with Gasteiger partial charge in [0.1, 0.15) is 0 Å². The second-order valence-electron chi connectivity index (χ2n) is 6.78. The molecule has 2 unspecified atom stereocenters. The largest absolute Gasteiger partial charge is 0.315 e. The minimum Gasteiger partial charge on any atom is -0.315 e. The third-order valence-electron chi connectivity index (χ3n) is 5.39. The highest BCUT2D eigenvalue weighted by Crippen LogP contribution is 2.24. The van der Waals surface area contributed by atoms with Crippen molar-refractivity contribution in [3.63, 3.8) is 0 Å². The molecule has 3 heteroatoms. The molecular formula is C16H31N3. The van der Waals surface area contributed by atoms with E-state index in [4.69, 9.17) is 0 Å². The minimum atomic E-state index is 0.816. The van der Waals surface area contributed by atoms with E-state index in [1.54, 1.807) is 0 Å². The van der Waals surface area contributed by atoms with Crippen LogP contribution in [0.25, 0.3) is 0 Å². The van der Waals surface area contributed by atoms with Crippen molar-refractivity contribution in [2.45, 2.75) is 51.0 Å². The summed E-state index contributed by atoms with van der Waals surface area (Å²) in [6, 6.07) is 0.816. The van der Waals surface area contributed by atoms with Crippen LogP contribution in [0.15, 0.2) is 0 Å². The van der Waals surface area contributed by atoms with Crippen molar-refractivity contribution in [2.75, 3.05) is 45.8 Å². The van der Waals surface area contributed by atoms with Gasteiger partial charge in [-0.1, -0.05) is 12.8 Å². The van der Waals surface area contributed by atoms with Gasteiger partial charge in [-0.15, -0.1) is 0 Å². The van der Waals surface area contributed by atoms with Crippen molar-refractivity contribution in [1.82, 2.24) is 15.1 Å². The van der Waals surface area contributed by atoms with Gasteiger partial charge in [-0.05, 0) is 70.7 Å². The summed E-state index contributed by atoms with van der Waals surface area (Å²) in [5.41, 5.74) is 0. The molecule has 1 N–H and O–H groups in total. The summed E-state index contributed by atoms with van der Waals surface area (Å²) < 4.78 is 0. The molecule has 0 bridgehead atoms. The number of hydrogen-bond acceptors (Lipinski definition) is 3. The zero-order valence-electron chi connectivity index (χ0n) is 12.4. The number of hydrogen-bond donors (Lipinski definition) is 1. The SMILES string of the molecule is C1CCN(CC2CCNCC2N2CCCCC2)CC1. The molecule has 0 saturated carbocycles. The Kier molecular flexibility index (Phi) is 5.14. The number of nitrogens with zero attached hydrogens (tertiary/aromatic N) is 2. The summed E-state index contributed by atoms with van der Waals surface area (Å²) in [7, 11) is 0. The molecule has 0 aromatic rings. The first-order valence-corrected chi connectivity index (χ1v) is 8.60. The van der Waals surface area contributed by atoms with E-state index in [2.05, 4.69) is 15.1 Å². The summed E-state index contributed by atoms with van der Waals surface area (Å²) in [5.74, 6) is 0.914. The molecule has 3 rings (SSSR count). The maximum atomic E-state index is 3.64. The molecule has 2 atom stereocenters. The third-order valence-corrected chi connectivity index (χ3v) is 5.39. The van der Waals surface area contributed by atoms with Crippen LogP contribution in [0.3, 0.4) is 0 Å². The highest BCUT2D eigenvalue weighted by molar-refractivity contribution is 4.89. The molecule has 0 amide bonds. The van der Waals surface area contributed by atoms with Crippen LogP contribution in [0.2, 0.25) is 0 Å². The highest BCUT2D eigenvalue weighted by Gasteiger charge is 2.31. The van der Waals surface area contributed by atoms with Gasteiger partial charge in [0.25, 0.3) is 0 Å². The summed E-state index contributed by atoms with van der Waals surface area (Å²) in [4.78, 5) is 5.54. The quantitative estimate of drug-likeness (QED) is 0.841. The lowest BCUT2D eigenvalue weighted by Gasteiger charge is -2.44. The minimum absolute atomic E-state index is 0.816.